The first-order chi connectivity index (χ1) is 12.6. The van der Waals surface area contributed by atoms with Crippen LogP contribution in [0.25, 0.3) is 11.4 Å². The zero-order valence-electron chi connectivity index (χ0n) is 13.0. The highest BCUT2D eigenvalue weighted by molar-refractivity contribution is 9.10. The molecule has 3 N–H and O–H groups in total. The highest BCUT2D eigenvalue weighted by Gasteiger charge is 2.26. The van der Waals surface area contributed by atoms with Crippen LogP contribution in [0.15, 0.2) is 52.0 Å². The number of halogens is 1. The minimum Gasteiger partial charge on any atom is -0.320 e. The molecule has 0 fully saturated rings. The number of amides is 2. The van der Waals surface area contributed by atoms with Crippen LogP contribution in [0.3, 0.4) is 0 Å². The number of anilines is 1. The molecule has 0 aliphatic carbocycles. The fourth-order valence-corrected chi connectivity index (χ4v) is 2.83. The van der Waals surface area contributed by atoms with Crippen LogP contribution in [0.5, 0.6) is 0 Å². The minimum absolute atomic E-state index is 0.152. The summed E-state index contributed by atoms with van der Waals surface area (Å²) in [6.07, 6.45) is 0. The third kappa shape index (κ3) is 2.97. The average molecular weight is 412 g/mol. The van der Waals surface area contributed by atoms with Gasteiger partial charge in [0.25, 0.3) is 11.8 Å². The number of carbonyl (C=O) groups excluding carboxylic acids is 2. The molecule has 4 rings (SSSR count). The van der Waals surface area contributed by atoms with E-state index in [1.165, 1.54) is 0 Å². The molecule has 0 bridgehead atoms. The second-order valence-corrected chi connectivity index (χ2v) is 6.29. The first kappa shape index (κ1) is 16.1. The molecular weight excluding hydrogens is 402 g/mol. The Morgan fingerprint density at radius 3 is 2.69 bits per heavy atom. The standard InChI is InChI=1S/C16H10BrN7O2/c17-10-5-6-12-11(7-10)13(16(26)18-12)19-22-15(25)9-3-1-8(2-4-9)14-20-23-24-21-14/h1-7H,(H,22,25)(H,18,19,26)(H,20,21,23,24). The van der Waals surface area contributed by atoms with Gasteiger partial charge < -0.3 is 5.32 Å². The summed E-state index contributed by atoms with van der Waals surface area (Å²) in [5.41, 5.74) is 4.96. The van der Waals surface area contributed by atoms with Crippen molar-refractivity contribution in [2.24, 2.45) is 5.10 Å². The van der Waals surface area contributed by atoms with E-state index in [-0.39, 0.29) is 11.6 Å². The number of hydrogen-bond acceptors (Lipinski definition) is 6. The number of fused-ring (bicyclic) bond motifs is 1. The SMILES string of the molecule is O=C1Nc2ccc(Br)cc2/C1=N\NC(=O)c1ccc(-c2nnn[nH]2)cc1. The molecule has 128 valence electrons. The van der Waals surface area contributed by atoms with Crippen LogP contribution in [0, 0.1) is 0 Å². The van der Waals surface area contributed by atoms with Gasteiger partial charge in [-0.1, -0.05) is 28.1 Å². The van der Waals surface area contributed by atoms with Gasteiger partial charge in [0.2, 0.25) is 0 Å². The summed E-state index contributed by atoms with van der Waals surface area (Å²) < 4.78 is 0.810. The van der Waals surface area contributed by atoms with Gasteiger partial charge in [0.15, 0.2) is 11.5 Å². The molecule has 2 heterocycles. The van der Waals surface area contributed by atoms with Gasteiger partial charge in [0.05, 0.1) is 5.69 Å². The number of nitrogens with one attached hydrogen (secondary N) is 3. The fourth-order valence-electron chi connectivity index (χ4n) is 2.47. The number of H-pyrrole nitrogens is 1. The number of carbonyl (C=O) groups is 2. The molecule has 0 saturated heterocycles. The van der Waals surface area contributed by atoms with E-state index in [1.807, 2.05) is 6.07 Å². The van der Waals surface area contributed by atoms with Crippen LogP contribution in [0.2, 0.25) is 0 Å². The lowest BCUT2D eigenvalue weighted by Crippen LogP contribution is -2.23. The number of nitrogens with zero attached hydrogens (tertiary/aromatic N) is 4. The van der Waals surface area contributed by atoms with Crippen molar-refractivity contribution in [2.45, 2.75) is 0 Å². The molecule has 26 heavy (non-hydrogen) atoms. The predicted octanol–water partition coefficient (Wildman–Crippen LogP) is 1.72. The summed E-state index contributed by atoms with van der Waals surface area (Å²) in [6.45, 7) is 0. The van der Waals surface area contributed by atoms with Crippen LogP contribution in [0.4, 0.5) is 5.69 Å². The first-order valence-corrected chi connectivity index (χ1v) is 8.24. The van der Waals surface area contributed by atoms with Crippen LogP contribution >= 0.6 is 15.9 Å². The van der Waals surface area contributed by atoms with E-state index >= 15 is 0 Å². The second-order valence-electron chi connectivity index (χ2n) is 5.37. The maximum absolute atomic E-state index is 12.3. The van der Waals surface area contributed by atoms with Crippen molar-refractivity contribution in [1.82, 2.24) is 26.0 Å². The van der Waals surface area contributed by atoms with Crippen LogP contribution < -0.4 is 10.7 Å². The normalized spacial score (nSPS) is 14.2. The van der Waals surface area contributed by atoms with E-state index in [0.717, 1.165) is 10.0 Å². The topological polar surface area (TPSA) is 125 Å². The quantitative estimate of drug-likeness (QED) is 0.565. The van der Waals surface area contributed by atoms with Crippen LogP contribution in [-0.4, -0.2) is 38.2 Å². The maximum Gasteiger partial charge on any atom is 0.276 e. The van der Waals surface area contributed by atoms with E-state index in [9.17, 15) is 9.59 Å². The Morgan fingerprint density at radius 2 is 1.96 bits per heavy atom. The lowest BCUT2D eigenvalue weighted by Gasteiger charge is -2.02. The Kier molecular flexibility index (Phi) is 4.01. The van der Waals surface area contributed by atoms with Gasteiger partial charge >= 0.3 is 0 Å². The molecule has 0 unspecified atom stereocenters. The lowest BCUT2D eigenvalue weighted by atomic mass is 10.1. The van der Waals surface area contributed by atoms with Gasteiger partial charge in [-0.3, -0.25) is 9.59 Å². The highest BCUT2D eigenvalue weighted by Crippen LogP contribution is 2.26. The van der Waals surface area contributed by atoms with E-state index in [0.29, 0.717) is 22.6 Å². The zero-order chi connectivity index (χ0) is 18.1. The van der Waals surface area contributed by atoms with Gasteiger partial charge in [0.1, 0.15) is 0 Å². The Balaban J connectivity index is 1.53. The molecular formula is C16H10BrN7O2. The van der Waals surface area contributed by atoms with Gasteiger partial charge in [-0.25, -0.2) is 10.5 Å². The van der Waals surface area contributed by atoms with Crippen molar-refractivity contribution in [1.29, 1.82) is 0 Å². The van der Waals surface area contributed by atoms with Crippen molar-refractivity contribution in [3.63, 3.8) is 0 Å². The van der Waals surface area contributed by atoms with E-state index in [4.69, 9.17) is 0 Å². The van der Waals surface area contributed by atoms with E-state index < -0.39 is 5.91 Å². The third-order valence-corrected chi connectivity index (χ3v) is 4.23. The molecule has 0 radical (unpaired) electrons. The summed E-state index contributed by atoms with van der Waals surface area (Å²) >= 11 is 3.35. The van der Waals surface area contributed by atoms with Gasteiger partial charge in [-0.15, -0.1) is 5.10 Å². The van der Waals surface area contributed by atoms with Crippen LogP contribution in [0.1, 0.15) is 15.9 Å². The van der Waals surface area contributed by atoms with Crippen molar-refractivity contribution < 1.29 is 9.59 Å². The fraction of sp³-hybridized carbons (Fsp3) is 0. The Bertz CT molecular complexity index is 1030. The smallest absolute Gasteiger partial charge is 0.276 e. The Morgan fingerprint density at radius 1 is 1.15 bits per heavy atom. The summed E-state index contributed by atoms with van der Waals surface area (Å²) in [5.74, 6) is -0.301. The minimum atomic E-state index is -0.434. The van der Waals surface area contributed by atoms with Gasteiger partial charge in [0, 0.05) is 21.2 Å². The number of hydrogen-bond donors (Lipinski definition) is 3. The largest absolute Gasteiger partial charge is 0.320 e. The molecule has 9 nitrogen and oxygen atoms in total. The lowest BCUT2D eigenvalue weighted by molar-refractivity contribution is -0.110. The molecule has 3 aromatic rings. The third-order valence-electron chi connectivity index (χ3n) is 3.74. The summed E-state index contributed by atoms with van der Waals surface area (Å²) in [6, 6.07) is 12.0. The Hall–Kier alpha value is -3.40. The first-order valence-electron chi connectivity index (χ1n) is 7.45. The average Bonchev–Trinajstić information content (AvgIpc) is 3.28. The number of hydrazone groups is 1. The van der Waals surface area contributed by atoms with E-state index in [1.54, 1.807) is 36.4 Å². The van der Waals surface area contributed by atoms with Gasteiger partial charge in [-0.05, 0) is 40.8 Å². The summed E-state index contributed by atoms with van der Waals surface area (Å²) in [4.78, 5) is 24.3. The molecule has 1 aromatic heterocycles. The molecule has 0 saturated carbocycles. The molecule has 0 spiro atoms. The molecule has 2 aromatic carbocycles. The molecule has 0 atom stereocenters. The molecule has 10 heteroatoms. The second kappa shape index (κ2) is 6.48. The van der Waals surface area contributed by atoms with Crippen LogP contribution in [-0.2, 0) is 4.79 Å². The highest BCUT2D eigenvalue weighted by atomic mass is 79.9. The zero-order valence-corrected chi connectivity index (χ0v) is 14.6. The molecule has 1 aliphatic heterocycles. The predicted molar refractivity (Wildman–Crippen MR) is 96.4 cm³/mol. The van der Waals surface area contributed by atoms with E-state index in [2.05, 4.69) is 52.4 Å². The van der Waals surface area contributed by atoms with Gasteiger partial charge in [-0.2, -0.15) is 5.10 Å². The molecule has 1 aliphatic rings. The Labute approximate surface area is 155 Å². The summed E-state index contributed by atoms with van der Waals surface area (Å²) in [7, 11) is 0. The number of aromatic amines is 1. The number of rotatable bonds is 3. The number of aromatic nitrogens is 4. The number of benzene rings is 2. The number of tetrazole rings is 1. The molecule has 2 amide bonds. The van der Waals surface area contributed by atoms with Crippen molar-refractivity contribution >= 4 is 39.1 Å². The monoisotopic (exact) mass is 411 g/mol. The van der Waals surface area contributed by atoms with Crippen molar-refractivity contribution in [3.8, 4) is 11.4 Å². The summed E-state index contributed by atoms with van der Waals surface area (Å²) in [5, 5.41) is 20.1. The van der Waals surface area contributed by atoms with Crippen molar-refractivity contribution in [3.05, 3.63) is 58.1 Å². The van der Waals surface area contributed by atoms with Crippen molar-refractivity contribution in [2.75, 3.05) is 5.32 Å². The maximum atomic E-state index is 12.3.